The molecule has 0 N–H and O–H groups in total. The van der Waals surface area contributed by atoms with Crippen molar-refractivity contribution >= 4 is 22.8 Å². The molecule has 5 heteroatoms. The van der Waals surface area contributed by atoms with Gasteiger partial charge in [0.15, 0.2) is 5.65 Å². The van der Waals surface area contributed by atoms with Crippen LogP contribution in [0.25, 0.3) is 11.2 Å². The van der Waals surface area contributed by atoms with Crippen LogP contribution >= 0.6 is 11.6 Å². The Morgan fingerprint density at radius 3 is 3.05 bits per heavy atom. The Kier molecular flexibility index (Phi) is 4.22. The van der Waals surface area contributed by atoms with E-state index in [4.69, 9.17) is 16.3 Å². The summed E-state index contributed by atoms with van der Waals surface area (Å²) < 4.78 is 7.87. The highest BCUT2D eigenvalue weighted by molar-refractivity contribution is 6.17. The van der Waals surface area contributed by atoms with Crippen molar-refractivity contribution in [2.45, 2.75) is 32.7 Å². The van der Waals surface area contributed by atoms with Gasteiger partial charge in [0, 0.05) is 31.6 Å². The Morgan fingerprint density at radius 1 is 1.45 bits per heavy atom. The second-order valence-corrected chi connectivity index (χ2v) is 5.87. The first-order chi connectivity index (χ1) is 9.78. The van der Waals surface area contributed by atoms with Crippen molar-refractivity contribution in [1.82, 2.24) is 14.5 Å². The van der Waals surface area contributed by atoms with E-state index in [1.54, 1.807) is 0 Å². The number of alkyl halides is 1. The SMILES string of the molecule is Cc1cnc2c(c1)nc(CCCl)n2CCOCC1CC1. The molecule has 0 aliphatic heterocycles. The summed E-state index contributed by atoms with van der Waals surface area (Å²) in [7, 11) is 0. The zero-order valence-electron chi connectivity index (χ0n) is 11.8. The van der Waals surface area contributed by atoms with Crippen LogP contribution in [0.5, 0.6) is 0 Å². The maximum atomic E-state index is 5.87. The molecule has 0 radical (unpaired) electrons. The number of hydrogen-bond acceptors (Lipinski definition) is 3. The summed E-state index contributed by atoms with van der Waals surface area (Å²) in [4.78, 5) is 9.16. The number of fused-ring (bicyclic) bond motifs is 1. The molecule has 1 saturated carbocycles. The zero-order chi connectivity index (χ0) is 13.9. The van der Waals surface area contributed by atoms with Gasteiger partial charge in [0.1, 0.15) is 11.3 Å². The first kappa shape index (κ1) is 13.8. The van der Waals surface area contributed by atoms with Crippen LogP contribution in [0.2, 0.25) is 0 Å². The zero-order valence-corrected chi connectivity index (χ0v) is 12.6. The topological polar surface area (TPSA) is 39.9 Å². The minimum Gasteiger partial charge on any atom is -0.379 e. The van der Waals surface area contributed by atoms with E-state index in [2.05, 4.69) is 20.6 Å². The minimum absolute atomic E-state index is 0.575. The molecule has 0 atom stereocenters. The Labute approximate surface area is 124 Å². The van der Waals surface area contributed by atoms with E-state index in [1.165, 1.54) is 12.8 Å². The fraction of sp³-hybridized carbons (Fsp3) is 0.600. The average molecular weight is 294 g/mol. The third kappa shape index (κ3) is 3.13. The van der Waals surface area contributed by atoms with Gasteiger partial charge in [-0.2, -0.15) is 0 Å². The van der Waals surface area contributed by atoms with Crippen molar-refractivity contribution < 1.29 is 4.74 Å². The van der Waals surface area contributed by atoms with Gasteiger partial charge < -0.3 is 9.30 Å². The van der Waals surface area contributed by atoms with E-state index in [9.17, 15) is 0 Å². The summed E-state index contributed by atoms with van der Waals surface area (Å²) in [6.45, 7) is 4.44. The van der Waals surface area contributed by atoms with Gasteiger partial charge in [-0.3, -0.25) is 0 Å². The van der Waals surface area contributed by atoms with Crippen LogP contribution in [0.15, 0.2) is 12.3 Å². The molecule has 0 saturated heterocycles. The van der Waals surface area contributed by atoms with Crippen molar-refractivity contribution in [2.24, 2.45) is 5.92 Å². The summed E-state index contributed by atoms with van der Waals surface area (Å²) in [5.41, 5.74) is 3.02. The lowest BCUT2D eigenvalue weighted by molar-refractivity contribution is 0.117. The van der Waals surface area contributed by atoms with Crippen LogP contribution in [-0.4, -0.2) is 33.6 Å². The fourth-order valence-electron chi connectivity index (χ4n) is 2.36. The van der Waals surface area contributed by atoms with Crippen LogP contribution in [0, 0.1) is 12.8 Å². The lowest BCUT2D eigenvalue weighted by Gasteiger charge is -2.08. The van der Waals surface area contributed by atoms with Gasteiger partial charge >= 0.3 is 0 Å². The van der Waals surface area contributed by atoms with E-state index >= 15 is 0 Å². The third-order valence-corrected chi connectivity index (χ3v) is 3.82. The van der Waals surface area contributed by atoms with Crippen LogP contribution in [0.4, 0.5) is 0 Å². The molecule has 0 unspecified atom stereocenters. The van der Waals surface area contributed by atoms with E-state index < -0.39 is 0 Å². The lowest BCUT2D eigenvalue weighted by Crippen LogP contribution is -2.11. The Bertz CT molecular complexity index is 592. The Hall–Kier alpha value is -1.13. The number of imidazole rings is 1. The molecule has 0 amide bonds. The molecule has 1 aliphatic rings. The number of aromatic nitrogens is 3. The van der Waals surface area contributed by atoms with Crippen LogP contribution in [0.3, 0.4) is 0 Å². The minimum atomic E-state index is 0.575. The Balaban J connectivity index is 1.76. The molecule has 108 valence electrons. The number of nitrogens with zero attached hydrogens (tertiary/aromatic N) is 3. The third-order valence-electron chi connectivity index (χ3n) is 3.63. The summed E-state index contributed by atoms with van der Waals surface area (Å²) >= 11 is 5.87. The van der Waals surface area contributed by atoms with Crippen molar-refractivity contribution in [2.75, 3.05) is 19.1 Å². The molecule has 3 rings (SSSR count). The van der Waals surface area contributed by atoms with Crippen LogP contribution in [-0.2, 0) is 17.7 Å². The van der Waals surface area contributed by atoms with Crippen molar-refractivity contribution in [3.05, 3.63) is 23.7 Å². The molecule has 1 fully saturated rings. The number of halogens is 1. The molecular weight excluding hydrogens is 274 g/mol. The maximum Gasteiger partial charge on any atom is 0.160 e. The normalized spacial score (nSPS) is 15.1. The van der Waals surface area contributed by atoms with Gasteiger partial charge in [-0.15, -0.1) is 11.6 Å². The van der Waals surface area contributed by atoms with E-state index in [0.717, 1.165) is 48.0 Å². The number of ether oxygens (including phenoxy) is 1. The highest BCUT2D eigenvalue weighted by atomic mass is 35.5. The van der Waals surface area contributed by atoms with E-state index in [0.29, 0.717) is 12.5 Å². The summed E-state index contributed by atoms with van der Waals surface area (Å²) in [5, 5.41) is 0. The molecule has 0 spiro atoms. The molecule has 0 aromatic carbocycles. The second-order valence-electron chi connectivity index (χ2n) is 5.49. The monoisotopic (exact) mass is 293 g/mol. The molecule has 2 aromatic heterocycles. The van der Waals surface area contributed by atoms with Crippen molar-refractivity contribution in [1.29, 1.82) is 0 Å². The molecule has 20 heavy (non-hydrogen) atoms. The van der Waals surface area contributed by atoms with Crippen LogP contribution < -0.4 is 0 Å². The van der Waals surface area contributed by atoms with E-state index in [-0.39, 0.29) is 0 Å². The number of pyridine rings is 1. The predicted molar refractivity (Wildman–Crippen MR) is 80.2 cm³/mol. The maximum absolute atomic E-state index is 5.87. The van der Waals surface area contributed by atoms with Gasteiger partial charge in [-0.05, 0) is 37.3 Å². The van der Waals surface area contributed by atoms with Gasteiger partial charge in [0.05, 0.1) is 6.61 Å². The fourth-order valence-corrected chi connectivity index (χ4v) is 2.53. The van der Waals surface area contributed by atoms with Crippen molar-refractivity contribution in [3.63, 3.8) is 0 Å². The number of hydrogen-bond donors (Lipinski definition) is 0. The quantitative estimate of drug-likeness (QED) is 0.582. The number of aryl methyl sites for hydroxylation is 2. The molecule has 2 aromatic rings. The van der Waals surface area contributed by atoms with Crippen molar-refractivity contribution in [3.8, 4) is 0 Å². The van der Waals surface area contributed by atoms with Gasteiger partial charge in [0.2, 0.25) is 0 Å². The van der Waals surface area contributed by atoms with Crippen LogP contribution in [0.1, 0.15) is 24.2 Å². The number of rotatable bonds is 7. The molecule has 4 nitrogen and oxygen atoms in total. The largest absolute Gasteiger partial charge is 0.379 e. The highest BCUT2D eigenvalue weighted by Crippen LogP contribution is 2.28. The summed E-state index contributed by atoms with van der Waals surface area (Å²) in [5.74, 6) is 2.38. The summed E-state index contributed by atoms with van der Waals surface area (Å²) in [6, 6.07) is 2.07. The first-order valence-electron chi connectivity index (χ1n) is 7.23. The highest BCUT2D eigenvalue weighted by Gasteiger charge is 2.21. The second kappa shape index (κ2) is 6.10. The smallest absolute Gasteiger partial charge is 0.160 e. The molecule has 0 bridgehead atoms. The van der Waals surface area contributed by atoms with E-state index in [1.807, 2.05) is 13.1 Å². The van der Waals surface area contributed by atoms with Gasteiger partial charge in [-0.1, -0.05) is 0 Å². The Morgan fingerprint density at radius 2 is 2.30 bits per heavy atom. The molecule has 1 aliphatic carbocycles. The lowest BCUT2D eigenvalue weighted by atomic mass is 10.3. The van der Waals surface area contributed by atoms with Gasteiger partial charge in [0.25, 0.3) is 0 Å². The predicted octanol–water partition coefficient (Wildman–Crippen LogP) is 2.95. The first-order valence-corrected chi connectivity index (χ1v) is 7.77. The summed E-state index contributed by atoms with van der Waals surface area (Å²) in [6.07, 6.45) is 5.30. The average Bonchev–Trinajstić information content (AvgIpc) is 3.19. The standard InChI is InChI=1S/C15H20ClN3O/c1-11-8-13-15(17-9-11)19(14(18-13)4-5-16)6-7-20-10-12-2-3-12/h8-9,12H,2-7,10H2,1H3. The molecule has 2 heterocycles. The molecular formula is C15H20ClN3O. The van der Waals surface area contributed by atoms with Gasteiger partial charge in [-0.25, -0.2) is 9.97 Å².